The summed E-state index contributed by atoms with van der Waals surface area (Å²) in [4.78, 5) is 36.5. The van der Waals surface area contributed by atoms with E-state index in [0.717, 1.165) is 12.1 Å². The Morgan fingerprint density at radius 1 is 0.889 bits per heavy atom. The molecule has 142 valence electrons. The number of methoxy groups -OCH3 is 1. The van der Waals surface area contributed by atoms with Crippen molar-refractivity contribution in [2.24, 2.45) is 5.41 Å². The van der Waals surface area contributed by atoms with Crippen LogP contribution in [0.5, 0.6) is 0 Å². The summed E-state index contributed by atoms with van der Waals surface area (Å²) in [6.45, 7) is 2.75. The van der Waals surface area contributed by atoms with E-state index >= 15 is 0 Å². The maximum absolute atomic E-state index is 13.3. The molecule has 0 aliphatic heterocycles. The number of hydrogen-bond acceptors (Lipinski definition) is 4. The van der Waals surface area contributed by atoms with Crippen LogP contribution in [0.1, 0.15) is 24.2 Å². The average molecular weight is 376 g/mol. The molecule has 0 radical (unpaired) electrons. The minimum Gasteiger partial charge on any atom is -0.465 e. The number of halogens is 2. The van der Waals surface area contributed by atoms with Gasteiger partial charge in [-0.05, 0) is 44.2 Å². The topological polar surface area (TPSA) is 84.5 Å². The number of rotatable bonds is 5. The summed E-state index contributed by atoms with van der Waals surface area (Å²) in [6.07, 6.45) is 0. The number of benzene rings is 2. The predicted molar refractivity (Wildman–Crippen MR) is 95.2 cm³/mol. The fraction of sp³-hybridized carbons (Fsp3) is 0.211. The Hall–Kier alpha value is -3.29. The number of amides is 2. The van der Waals surface area contributed by atoms with Crippen LogP contribution in [0.3, 0.4) is 0 Å². The van der Waals surface area contributed by atoms with E-state index in [1.807, 2.05) is 0 Å². The van der Waals surface area contributed by atoms with Gasteiger partial charge in [0.2, 0.25) is 11.8 Å². The lowest BCUT2D eigenvalue weighted by molar-refractivity contribution is -0.135. The molecule has 0 spiro atoms. The van der Waals surface area contributed by atoms with E-state index in [1.165, 1.54) is 39.2 Å². The maximum Gasteiger partial charge on any atom is 0.337 e. The molecule has 6 nitrogen and oxygen atoms in total. The van der Waals surface area contributed by atoms with Gasteiger partial charge in [-0.1, -0.05) is 6.07 Å². The Morgan fingerprint density at radius 3 is 2.04 bits per heavy atom. The van der Waals surface area contributed by atoms with Gasteiger partial charge in [0.1, 0.15) is 5.41 Å². The minimum atomic E-state index is -1.54. The average Bonchev–Trinajstić information content (AvgIpc) is 2.64. The van der Waals surface area contributed by atoms with Crippen molar-refractivity contribution in [3.63, 3.8) is 0 Å². The molecular formula is C19H18F2N2O4. The fourth-order valence-corrected chi connectivity index (χ4v) is 2.09. The third-order valence-corrected chi connectivity index (χ3v) is 3.85. The highest BCUT2D eigenvalue weighted by atomic mass is 19.2. The molecule has 2 aromatic rings. The Labute approximate surface area is 154 Å². The highest BCUT2D eigenvalue weighted by molar-refractivity contribution is 6.14. The number of nitrogens with one attached hydrogen (secondary N) is 2. The molecule has 0 bridgehead atoms. The van der Waals surface area contributed by atoms with Gasteiger partial charge in [-0.15, -0.1) is 0 Å². The van der Waals surface area contributed by atoms with Crippen molar-refractivity contribution in [1.29, 1.82) is 0 Å². The summed E-state index contributed by atoms with van der Waals surface area (Å²) in [7, 11) is 1.24. The van der Waals surface area contributed by atoms with Gasteiger partial charge in [0.25, 0.3) is 0 Å². The van der Waals surface area contributed by atoms with Gasteiger partial charge >= 0.3 is 5.97 Å². The molecule has 8 heteroatoms. The smallest absolute Gasteiger partial charge is 0.337 e. The number of hydrogen-bond donors (Lipinski definition) is 2. The van der Waals surface area contributed by atoms with Crippen LogP contribution < -0.4 is 10.6 Å². The monoisotopic (exact) mass is 376 g/mol. The van der Waals surface area contributed by atoms with Crippen LogP contribution >= 0.6 is 0 Å². The summed E-state index contributed by atoms with van der Waals surface area (Å²) in [6, 6.07) is 8.90. The zero-order valence-corrected chi connectivity index (χ0v) is 14.9. The van der Waals surface area contributed by atoms with Gasteiger partial charge < -0.3 is 15.4 Å². The maximum atomic E-state index is 13.3. The van der Waals surface area contributed by atoms with E-state index in [4.69, 9.17) is 0 Å². The Bertz CT molecular complexity index is 897. The molecular weight excluding hydrogens is 358 g/mol. The highest BCUT2D eigenvalue weighted by Crippen LogP contribution is 2.23. The predicted octanol–water partition coefficient (Wildman–Crippen LogP) is 3.35. The van der Waals surface area contributed by atoms with Gasteiger partial charge in [-0.25, -0.2) is 13.6 Å². The van der Waals surface area contributed by atoms with Crippen LogP contribution in [-0.2, 0) is 14.3 Å². The zero-order valence-electron chi connectivity index (χ0n) is 14.9. The minimum absolute atomic E-state index is 0.0208. The number of carbonyl (C=O) groups is 3. The lowest BCUT2D eigenvalue weighted by atomic mass is 9.90. The fourth-order valence-electron chi connectivity index (χ4n) is 2.09. The van der Waals surface area contributed by atoms with Crippen molar-refractivity contribution < 1.29 is 27.9 Å². The molecule has 2 aromatic carbocycles. The first-order valence-electron chi connectivity index (χ1n) is 7.91. The van der Waals surface area contributed by atoms with Crippen LogP contribution in [0.4, 0.5) is 20.2 Å². The Kier molecular flexibility index (Phi) is 5.89. The summed E-state index contributed by atoms with van der Waals surface area (Å²) in [5, 5.41) is 4.92. The first kappa shape index (κ1) is 20.0. The van der Waals surface area contributed by atoms with Crippen molar-refractivity contribution in [1.82, 2.24) is 0 Å². The normalized spacial score (nSPS) is 10.9. The van der Waals surface area contributed by atoms with E-state index < -0.39 is 34.8 Å². The van der Waals surface area contributed by atoms with Gasteiger partial charge in [0, 0.05) is 17.4 Å². The van der Waals surface area contributed by atoms with Crippen molar-refractivity contribution in [3.8, 4) is 0 Å². The number of carbonyl (C=O) groups excluding carboxylic acids is 3. The van der Waals surface area contributed by atoms with Gasteiger partial charge in [-0.3, -0.25) is 9.59 Å². The first-order valence-corrected chi connectivity index (χ1v) is 7.91. The second-order valence-corrected chi connectivity index (χ2v) is 6.23. The SMILES string of the molecule is COC(=O)c1cccc(NC(=O)C(C)(C)C(=O)Nc2ccc(F)c(F)c2)c1. The van der Waals surface area contributed by atoms with Gasteiger partial charge in [-0.2, -0.15) is 0 Å². The second-order valence-electron chi connectivity index (χ2n) is 6.23. The molecule has 27 heavy (non-hydrogen) atoms. The Balaban J connectivity index is 2.12. The molecule has 2 amide bonds. The van der Waals surface area contributed by atoms with Crippen molar-refractivity contribution >= 4 is 29.2 Å². The van der Waals surface area contributed by atoms with E-state index in [2.05, 4.69) is 15.4 Å². The molecule has 0 heterocycles. The zero-order chi connectivity index (χ0) is 20.2. The van der Waals surface area contributed by atoms with Crippen molar-refractivity contribution in [3.05, 3.63) is 59.7 Å². The van der Waals surface area contributed by atoms with E-state index in [-0.39, 0.29) is 11.3 Å². The molecule has 0 aromatic heterocycles. The van der Waals surface area contributed by atoms with Crippen LogP contribution in [0, 0.1) is 17.0 Å². The number of ether oxygens (including phenoxy) is 1. The first-order chi connectivity index (χ1) is 12.6. The summed E-state index contributed by atoms with van der Waals surface area (Å²) in [5.74, 6) is -4.09. The third-order valence-electron chi connectivity index (χ3n) is 3.85. The van der Waals surface area contributed by atoms with Gasteiger partial charge in [0.05, 0.1) is 12.7 Å². The molecule has 0 saturated carbocycles. The lowest BCUT2D eigenvalue weighted by Gasteiger charge is -2.23. The summed E-state index contributed by atoms with van der Waals surface area (Å²) < 4.78 is 30.8. The molecule has 0 fully saturated rings. The van der Waals surface area contributed by atoms with Crippen LogP contribution in [-0.4, -0.2) is 24.9 Å². The van der Waals surface area contributed by atoms with E-state index in [1.54, 1.807) is 12.1 Å². The van der Waals surface area contributed by atoms with Crippen LogP contribution in [0.15, 0.2) is 42.5 Å². The van der Waals surface area contributed by atoms with Crippen LogP contribution in [0.2, 0.25) is 0 Å². The molecule has 0 aliphatic carbocycles. The number of anilines is 2. The number of esters is 1. The van der Waals surface area contributed by atoms with Crippen molar-refractivity contribution in [2.75, 3.05) is 17.7 Å². The molecule has 0 aliphatic rings. The molecule has 2 rings (SSSR count). The second kappa shape index (κ2) is 7.94. The highest BCUT2D eigenvalue weighted by Gasteiger charge is 2.36. The summed E-state index contributed by atoms with van der Waals surface area (Å²) in [5.41, 5.74) is -0.977. The largest absolute Gasteiger partial charge is 0.465 e. The van der Waals surface area contributed by atoms with Crippen molar-refractivity contribution in [2.45, 2.75) is 13.8 Å². The Morgan fingerprint density at radius 2 is 1.48 bits per heavy atom. The standard InChI is InChI=1S/C19H18F2N2O4/c1-19(2,18(26)23-13-7-8-14(20)15(21)10-13)17(25)22-12-6-4-5-11(9-12)16(24)27-3/h4-10H,1-3H3,(H,22,25)(H,23,26). The summed E-state index contributed by atoms with van der Waals surface area (Å²) >= 11 is 0. The quantitative estimate of drug-likeness (QED) is 0.619. The third kappa shape index (κ3) is 4.66. The molecule has 2 N–H and O–H groups in total. The van der Waals surface area contributed by atoms with E-state index in [9.17, 15) is 23.2 Å². The lowest BCUT2D eigenvalue weighted by Crippen LogP contribution is -2.41. The van der Waals surface area contributed by atoms with Crippen LogP contribution in [0.25, 0.3) is 0 Å². The molecule has 0 saturated heterocycles. The van der Waals surface area contributed by atoms with E-state index in [0.29, 0.717) is 5.69 Å². The molecule has 0 atom stereocenters. The van der Waals surface area contributed by atoms with Gasteiger partial charge in [0.15, 0.2) is 11.6 Å². The molecule has 0 unspecified atom stereocenters.